The Kier molecular flexibility index (Phi) is 3.28. The van der Waals surface area contributed by atoms with Gasteiger partial charge in [-0.15, -0.1) is 0 Å². The lowest BCUT2D eigenvalue weighted by Gasteiger charge is -2.30. The molecule has 0 unspecified atom stereocenters. The maximum atomic E-state index is 12.7. The van der Waals surface area contributed by atoms with Crippen LogP contribution in [0.1, 0.15) is 78.8 Å². The van der Waals surface area contributed by atoms with E-state index in [0.29, 0.717) is 0 Å². The van der Waals surface area contributed by atoms with Crippen LogP contribution in [0, 0.1) is 5.92 Å². The molecule has 2 saturated carbocycles. The average molecular weight is 283 g/mol. The first-order valence-corrected chi connectivity index (χ1v) is 8.65. The van der Waals surface area contributed by atoms with Crippen LogP contribution < -0.4 is 0 Å². The third kappa shape index (κ3) is 2.73. The fraction of sp³-hybridized carbons (Fsp3) is 0.632. The van der Waals surface area contributed by atoms with Crippen LogP contribution in [0.4, 0.5) is 0 Å². The van der Waals surface area contributed by atoms with Crippen LogP contribution in [-0.4, -0.2) is 23.9 Å². The second-order valence-corrected chi connectivity index (χ2v) is 7.37. The number of rotatable bonds is 3. The monoisotopic (exact) mass is 283 g/mol. The molecule has 1 aliphatic heterocycles. The maximum absolute atomic E-state index is 12.7. The molecule has 1 saturated heterocycles. The number of carbonyl (C=O) groups excluding carboxylic acids is 1. The van der Waals surface area contributed by atoms with Gasteiger partial charge in [-0.05, 0) is 79.5 Å². The molecule has 2 aliphatic carbocycles. The Morgan fingerprint density at radius 1 is 0.952 bits per heavy atom. The van der Waals surface area contributed by atoms with Gasteiger partial charge in [0.2, 0.25) is 0 Å². The van der Waals surface area contributed by atoms with Crippen LogP contribution >= 0.6 is 0 Å². The summed E-state index contributed by atoms with van der Waals surface area (Å²) in [5.74, 6) is 2.56. The van der Waals surface area contributed by atoms with Crippen molar-refractivity contribution in [1.82, 2.24) is 4.90 Å². The van der Waals surface area contributed by atoms with Gasteiger partial charge in [0.05, 0.1) is 0 Å². The van der Waals surface area contributed by atoms with E-state index in [9.17, 15) is 4.79 Å². The van der Waals surface area contributed by atoms with Gasteiger partial charge in [-0.2, -0.15) is 0 Å². The lowest BCUT2D eigenvalue weighted by Crippen LogP contribution is -2.37. The van der Waals surface area contributed by atoms with Gasteiger partial charge in [0.25, 0.3) is 5.91 Å². The van der Waals surface area contributed by atoms with Gasteiger partial charge in [0, 0.05) is 18.7 Å². The molecule has 1 amide bonds. The number of benzene rings is 1. The van der Waals surface area contributed by atoms with Gasteiger partial charge in [-0.3, -0.25) is 4.79 Å². The second-order valence-electron chi connectivity index (χ2n) is 7.37. The molecule has 112 valence electrons. The molecular weight excluding hydrogens is 258 g/mol. The van der Waals surface area contributed by atoms with Crippen molar-refractivity contribution >= 4 is 5.91 Å². The van der Waals surface area contributed by atoms with Gasteiger partial charge in [0.1, 0.15) is 0 Å². The lowest BCUT2D eigenvalue weighted by molar-refractivity contribution is 0.0697. The molecule has 1 aromatic rings. The first-order valence-electron chi connectivity index (χ1n) is 8.65. The quantitative estimate of drug-likeness (QED) is 0.809. The Morgan fingerprint density at radius 3 is 2.19 bits per heavy atom. The minimum atomic E-state index is 0.256. The van der Waals surface area contributed by atoms with Crippen LogP contribution in [0.25, 0.3) is 0 Å². The molecule has 1 aromatic carbocycles. The number of carbonyl (C=O) groups is 1. The van der Waals surface area contributed by atoms with Crippen LogP contribution in [0.5, 0.6) is 0 Å². The van der Waals surface area contributed by atoms with E-state index in [0.717, 1.165) is 49.2 Å². The fourth-order valence-corrected chi connectivity index (χ4v) is 3.62. The van der Waals surface area contributed by atoms with E-state index < -0.39 is 0 Å². The van der Waals surface area contributed by atoms with Crippen LogP contribution in [0.3, 0.4) is 0 Å². The van der Waals surface area contributed by atoms with E-state index in [-0.39, 0.29) is 5.91 Å². The molecule has 2 heteroatoms. The highest BCUT2D eigenvalue weighted by Crippen LogP contribution is 2.49. The van der Waals surface area contributed by atoms with E-state index in [1.165, 1.54) is 31.2 Å². The van der Waals surface area contributed by atoms with E-state index in [1.54, 1.807) is 5.56 Å². The van der Waals surface area contributed by atoms with Crippen LogP contribution in [-0.2, 0) is 0 Å². The lowest BCUT2D eigenvalue weighted by atomic mass is 9.95. The fourth-order valence-electron chi connectivity index (χ4n) is 3.62. The van der Waals surface area contributed by atoms with Crippen LogP contribution in [0.15, 0.2) is 18.2 Å². The SMILES string of the molecule is CC1CCN(C(=O)c2ccc(C3CC3)c(C3CC3)c2)CC1. The maximum Gasteiger partial charge on any atom is 0.253 e. The van der Waals surface area contributed by atoms with Gasteiger partial charge in [-0.1, -0.05) is 13.0 Å². The molecule has 0 radical (unpaired) electrons. The molecule has 0 N–H and O–H groups in total. The number of hydrogen-bond donors (Lipinski definition) is 0. The Labute approximate surface area is 127 Å². The normalized spacial score (nSPS) is 23.4. The van der Waals surface area contributed by atoms with Crippen LogP contribution in [0.2, 0.25) is 0 Å². The second kappa shape index (κ2) is 5.15. The van der Waals surface area contributed by atoms with Crippen molar-refractivity contribution in [1.29, 1.82) is 0 Å². The summed E-state index contributed by atoms with van der Waals surface area (Å²) in [5.41, 5.74) is 3.96. The van der Waals surface area contributed by atoms with Crippen molar-refractivity contribution in [3.63, 3.8) is 0 Å². The first-order chi connectivity index (χ1) is 10.2. The molecule has 1 heterocycles. The van der Waals surface area contributed by atoms with Crippen molar-refractivity contribution in [2.24, 2.45) is 5.92 Å². The van der Waals surface area contributed by atoms with Gasteiger partial charge >= 0.3 is 0 Å². The molecule has 3 fully saturated rings. The predicted octanol–water partition coefficient (Wildman–Crippen LogP) is 4.31. The molecule has 0 atom stereocenters. The van der Waals surface area contributed by atoms with E-state index in [4.69, 9.17) is 0 Å². The predicted molar refractivity (Wildman–Crippen MR) is 84.7 cm³/mol. The molecule has 0 aromatic heterocycles. The third-order valence-corrected chi connectivity index (χ3v) is 5.44. The molecule has 21 heavy (non-hydrogen) atoms. The van der Waals surface area contributed by atoms with Crippen molar-refractivity contribution in [3.8, 4) is 0 Å². The van der Waals surface area contributed by atoms with Gasteiger partial charge in [-0.25, -0.2) is 0 Å². The topological polar surface area (TPSA) is 20.3 Å². The average Bonchev–Trinajstić information content (AvgIpc) is 3.40. The zero-order valence-electron chi connectivity index (χ0n) is 13.0. The van der Waals surface area contributed by atoms with E-state index >= 15 is 0 Å². The number of nitrogens with zero attached hydrogens (tertiary/aromatic N) is 1. The number of piperidine rings is 1. The molecule has 3 aliphatic rings. The molecule has 0 bridgehead atoms. The summed E-state index contributed by atoms with van der Waals surface area (Å²) in [6.45, 7) is 4.16. The largest absolute Gasteiger partial charge is 0.339 e. The Morgan fingerprint density at radius 2 is 1.57 bits per heavy atom. The zero-order valence-corrected chi connectivity index (χ0v) is 13.0. The minimum absolute atomic E-state index is 0.256. The third-order valence-electron chi connectivity index (χ3n) is 5.44. The van der Waals surface area contributed by atoms with Crippen molar-refractivity contribution < 1.29 is 4.79 Å². The summed E-state index contributed by atoms with van der Waals surface area (Å²) in [6, 6.07) is 6.57. The van der Waals surface area contributed by atoms with E-state index in [2.05, 4.69) is 30.0 Å². The summed E-state index contributed by atoms with van der Waals surface area (Å²) >= 11 is 0. The number of amides is 1. The Bertz CT molecular complexity index is 549. The van der Waals surface area contributed by atoms with Crippen molar-refractivity contribution in [2.75, 3.05) is 13.1 Å². The Balaban J connectivity index is 1.57. The summed E-state index contributed by atoms with van der Waals surface area (Å²) in [7, 11) is 0. The smallest absolute Gasteiger partial charge is 0.253 e. The molecular formula is C19H25NO. The summed E-state index contributed by atoms with van der Waals surface area (Å²) in [5, 5.41) is 0. The van der Waals surface area contributed by atoms with Crippen molar-refractivity contribution in [3.05, 3.63) is 34.9 Å². The number of hydrogen-bond acceptors (Lipinski definition) is 1. The van der Waals surface area contributed by atoms with E-state index in [1.807, 2.05) is 0 Å². The molecule has 2 nitrogen and oxygen atoms in total. The summed E-state index contributed by atoms with van der Waals surface area (Å²) in [6.07, 6.45) is 7.63. The first kappa shape index (κ1) is 13.4. The standard InChI is InChI=1S/C19H25NO/c1-13-8-10-20(11-9-13)19(21)16-6-7-17(14-2-3-14)18(12-16)15-4-5-15/h6-7,12-15H,2-5,8-11H2,1H3. The van der Waals surface area contributed by atoms with Crippen molar-refractivity contribution in [2.45, 2.75) is 57.3 Å². The highest BCUT2D eigenvalue weighted by atomic mass is 16.2. The molecule has 0 spiro atoms. The Hall–Kier alpha value is -1.31. The van der Waals surface area contributed by atoms with Gasteiger partial charge < -0.3 is 4.90 Å². The zero-order chi connectivity index (χ0) is 14.4. The summed E-state index contributed by atoms with van der Waals surface area (Å²) < 4.78 is 0. The molecule has 4 rings (SSSR count). The minimum Gasteiger partial charge on any atom is -0.339 e. The van der Waals surface area contributed by atoms with Gasteiger partial charge in [0.15, 0.2) is 0 Å². The highest BCUT2D eigenvalue weighted by molar-refractivity contribution is 5.94. The number of likely N-dealkylation sites (tertiary alicyclic amines) is 1. The highest BCUT2D eigenvalue weighted by Gasteiger charge is 2.33. The summed E-state index contributed by atoms with van der Waals surface area (Å²) in [4.78, 5) is 14.8.